The molecule has 0 saturated heterocycles. The summed E-state index contributed by atoms with van der Waals surface area (Å²) in [6.45, 7) is 4.39. The maximum absolute atomic E-state index is 12.2. The minimum atomic E-state index is -0.598. The number of hydrogen-bond acceptors (Lipinski definition) is 7. The van der Waals surface area contributed by atoms with Gasteiger partial charge in [0.2, 0.25) is 5.90 Å². The molecule has 0 amide bonds. The van der Waals surface area contributed by atoms with E-state index in [-0.39, 0.29) is 23.1 Å². The van der Waals surface area contributed by atoms with Crippen LogP contribution in [0.4, 0.5) is 0 Å². The molecule has 0 N–H and O–H groups in total. The summed E-state index contributed by atoms with van der Waals surface area (Å²) in [7, 11) is 0. The number of halogens is 1. The smallest absolute Gasteiger partial charge is 0.363 e. The van der Waals surface area contributed by atoms with Gasteiger partial charge in [-0.05, 0) is 54.5 Å². The second kappa shape index (κ2) is 8.40. The van der Waals surface area contributed by atoms with Crippen molar-refractivity contribution >= 4 is 45.8 Å². The number of carbonyl (C=O) groups excluding carboxylic acids is 3. The molecule has 1 aliphatic rings. The lowest BCUT2D eigenvalue weighted by molar-refractivity contribution is -0.134. The molecule has 8 heteroatoms. The number of carbonyl (C=O) groups is 3. The summed E-state index contributed by atoms with van der Waals surface area (Å²) >= 11 is 3.42. The average Bonchev–Trinajstić information content (AvgIpc) is 2.99. The van der Waals surface area contributed by atoms with Crippen molar-refractivity contribution in [3.05, 3.63) is 63.3 Å². The number of hydrogen-bond donors (Lipinski definition) is 0. The molecule has 2 aromatic rings. The number of ether oxygens (including phenoxy) is 3. The zero-order valence-electron chi connectivity index (χ0n) is 15.8. The fourth-order valence-corrected chi connectivity index (χ4v) is 2.80. The molecule has 0 radical (unpaired) electrons. The zero-order chi connectivity index (χ0) is 21.1. The van der Waals surface area contributed by atoms with Crippen LogP contribution in [-0.4, -0.2) is 23.8 Å². The molecule has 0 unspecified atom stereocenters. The summed E-state index contributed by atoms with van der Waals surface area (Å²) in [4.78, 5) is 39.0. The summed E-state index contributed by atoms with van der Waals surface area (Å²) in [5, 5.41) is 0. The van der Waals surface area contributed by atoms with Crippen molar-refractivity contribution in [2.45, 2.75) is 20.8 Å². The Labute approximate surface area is 175 Å². The molecule has 0 bridgehead atoms. The predicted octanol–water partition coefficient (Wildman–Crippen LogP) is 3.95. The lowest BCUT2D eigenvalue weighted by Gasteiger charge is -2.09. The van der Waals surface area contributed by atoms with Gasteiger partial charge in [0.1, 0.15) is 0 Å². The third-order valence-corrected chi connectivity index (χ3v) is 4.69. The SMILES string of the molecule is CC(=O)Oc1ccc(C=C2N=C(c3ccc(Br)c(C)c3)OC2=O)cc1OC(C)=O. The first kappa shape index (κ1) is 20.5. The molecule has 0 aliphatic carbocycles. The van der Waals surface area contributed by atoms with E-state index in [9.17, 15) is 14.4 Å². The predicted molar refractivity (Wildman–Crippen MR) is 109 cm³/mol. The zero-order valence-corrected chi connectivity index (χ0v) is 17.4. The molecular formula is C21H16BrNO6. The molecule has 0 fully saturated rings. The van der Waals surface area contributed by atoms with Gasteiger partial charge >= 0.3 is 17.9 Å². The van der Waals surface area contributed by atoms with Gasteiger partial charge in [-0.3, -0.25) is 9.59 Å². The molecule has 0 spiro atoms. The van der Waals surface area contributed by atoms with Crippen LogP contribution in [0.1, 0.15) is 30.5 Å². The van der Waals surface area contributed by atoms with E-state index in [0.29, 0.717) is 11.1 Å². The summed E-state index contributed by atoms with van der Waals surface area (Å²) in [5.74, 6) is -1.37. The quantitative estimate of drug-likeness (QED) is 0.392. The van der Waals surface area contributed by atoms with Gasteiger partial charge in [-0.15, -0.1) is 0 Å². The number of nitrogens with zero attached hydrogens (tertiary/aromatic N) is 1. The van der Waals surface area contributed by atoms with Crippen LogP contribution >= 0.6 is 15.9 Å². The Bertz CT molecular complexity index is 1090. The van der Waals surface area contributed by atoms with Crippen molar-refractivity contribution in [3.8, 4) is 11.5 Å². The van der Waals surface area contributed by atoms with Crippen LogP contribution in [0.25, 0.3) is 6.08 Å². The first-order valence-electron chi connectivity index (χ1n) is 8.53. The Balaban J connectivity index is 1.94. The minimum absolute atomic E-state index is 0.0566. The number of rotatable bonds is 4. The van der Waals surface area contributed by atoms with E-state index in [1.54, 1.807) is 12.1 Å². The highest BCUT2D eigenvalue weighted by Crippen LogP contribution is 2.30. The highest BCUT2D eigenvalue weighted by Gasteiger charge is 2.24. The first-order valence-corrected chi connectivity index (χ1v) is 9.32. The Hall–Kier alpha value is -3.26. The Morgan fingerprint density at radius 3 is 2.38 bits per heavy atom. The van der Waals surface area contributed by atoms with Gasteiger partial charge in [0.25, 0.3) is 0 Å². The molecule has 7 nitrogen and oxygen atoms in total. The topological polar surface area (TPSA) is 91.3 Å². The summed E-state index contributed by atoms with van der Waals surface area (Å²) < 4.78 is 16.3. The van der Waals surface area contributed by atoms with E-state index < -0.39 is 17.9 Å². The van der Waals surface area contributed by atoms with Gasteiger partial charge in [-0.1, -0.05) is 22.0 Å². The maximum Gasteiger partial charge on any atom is 0.363 e. The van der Waals surface area contributed by atoms with Gasteiger partial charge in [0, 0.05) is 23.9 Å². The monoisotopic (exact) mass is 457 g/mol. The van der Waals surface area contributed by atoms with E-state index in [0.717, 1.165) is 10.0 Å². The lowest BCUT2D eigenvalue weighted by atomic mass is 10.1. The first-order chi connectivity index (χ1) is 13.7. The van der Waals surface area contributed by atoms with Crippen LogP contribution in [0.5, 0.6) is 11.5 Å². The second-order valence-electron chi connectivity index (χ2n) is 6.19. The molecule has 1 heterocycles. The van der Waals surface area contributed by atoms with Crippen molar-refractivity contribution in [2.24, 2.45) is 4.99 Å². The summed E-state index contributed by atoms with van der Waals surface area (Å²) in [5.41, 5.74) is 2.26. The standard InChI is InChI=1S/C21H16BrNO6/c1-11-8-15(5-6-16(11)22)20-23-17(21(26)29-20)9-14-4-7-18(27-12(2)24)19(10-14)28-13(3)25/h4-10H,1-3H3. The molecule has 2 aromatic carbocycles. The fraction of sp³-hybridized carbons (Fsp3) is 0.143. The van der Waals surface area contributed by atoms with Crippen molar-refractivity contribution in [2.75, 3.05) is 0 Å². The van der Waals surface area contributed by atoms with E-state index in [4.69, 9.17) is 14.2 Å². The van der Waals surface area contributed by atoms with Crippen molar-refractivity contribution < 1.29 is 28.6 Å². The largest absolute Gasteiger partial charge is 0.423 e. The van der Waals surface area contributed by atoms with E-state index in [2.05, 4.69) is 20.9 Å². The van der Waals surface area contributed by atoms with Crippen LogP contribution < -0.4 is 9.47 Å². The van der Waals surface area contributed by atoms with Gasteiger partial charge in [0.15, 0.2) is 17.2 Å². The van der Waals surface area contributed by atoms with Gasteiger partial charge < -0.3 is 14.2 Å². The molecule has 3 rings (SSSR count). The van der Waals surface area contributed by atoms with Crippen LogP contribution in [0.2, 0.25) is 0 Å². The molecule has 0 aromatic heterocycles. The van der Waals surface area contributed by atoms with Gasteiger partial charge in [0.05, 0.1) is 0 Å². The summed E-state index contributed by atoms with van der Waals surface area (Å²) in [6, 6.07) is 10.0. The highest BCUT2D eigenvalue weighted by molar-refractivity contribution is 9.10. The number of esters is 3. The van der Waals surface area contributed by atoms with E-state index >= 15 is 0 Å². The van der Waals surface area contributed by atoms with E-state index in [1.165, 1.54) is 32.1 Å². The molecule has 0 atom stereocenters. The minimum Gasteiger partial charge on any atom is -0.423 e. The van der Waals surface area contributed by atoms with Crippen LogP contribution in [0.3, 0.4) is 0 Å². The van der Waals surface area contributed by atoms with Crippen LogP contribution in [0.15, 0.2) is 51.6 Å². The Kier molecular flexibility index (Phi) is 5.93. The number of aliphatic imine (C=N–C) groups is 1. The fourth-order valence-electron chi connectivity index (χ4n) is 2.56. The second-order valence-corrected chi connectivity index (χ2v) is 7.05. The maximum atomic E-state index is 12.2. The molecular weight excluding hydrogens is 442 g/mol. The molecule has 148 valence electrons. The van der Waals surface area contributed by atoms with Gasteiger partial charge in [-0.2, -0.15) is 0 Å². The number of benzene rings is 2. The van der Waals surface area contributed by atoms with Crippen molar-refractivity contribution in [1.29, 1.82) is 0 Å². The van der Waals surface area contributed by atoms with Gasteiger partial charge in [-0.25, -0.2) is 9.79 Å². The third kappa shape index (κ3) is 4.97. The normalized spacial score (nSPS) is 14.4. The number of aryl methyl sites for hydroxylation is 1. The summed E-state index contributed by atoms with van der Waals surface area (Å²) in [6.07, 6.45) is 1.49. The number of cyclic esters (lactones) is 1. The Morgan fingerprint density at radius 1 is 1.03 bits per heavy atom. The average molecular weight is 458 g/mol. The third-order valence-electron chi connectivity index (χ3n) is 3.80. The molecule has 29 heavy (non-hydrogen) atoms. The molecule has 0 saturated carbocycles. The van der Waals surface area contributed by atoms with Crippen molar-refractivity contribution in [1.82, 2.24) is 0 Å². The lowest BCUT2D eigenvalue weighted by Crippen LogP contribution is -2.07. The Morgan fingerprint density at radius 2 is 1.72 bits per heavy atom. The van der Waals surface area contributed by atoms with Crippen molar-refractivity contribution in [3.63, 3.8) is 0 Å². The van der Waals surface area contributed by atoms with Crippen LogP contribution in [0, 0.1) is 6.92 Å². The van der Waals surface area contributed by atoms with E-state index in [1.807, 2.05) is 19.1 Å². The molecule has 1 aliphatic heterocycles. The van der Waals surface area contributed by atoms with Crippen LogP contribution in [-0.2, 0) is 19.1 Å². The highest BCUT2D eigenvalue weighted by atomic mass is 79.9.